The largest absolute Gasteiger partial charge is 0.361 e. The molecule has 2 heterocycles. The Morgan fingerprint density at radius 3 is 2.87 bits per heavy atom. The third-order valence-corrected chi connectivity index (χ3v) is 5.25. The van der Waals surface area contributed by atoms with Crippen LogP contribution in [0, 0.1) is 0 Å². The molecule has 23 heavy (non-hydrogen) atoms. The molecule has 122 valence electrons. The molecule has 0 unspecified atom stereocenters. The van der Waals surface area contributed by atoms with E-state index in [4.69, 9.17) is 0 Å². The van der Waals surface area contributed by atoms with Crippen LogP contribution < -0.4 is 4.72 Å². The second kappa shape index (κ2) is 6.31. The zero-order valence-electron chi connectivity index (χ0n) is 13.3. The maximum Gasteiger partial charge on any atom is 0.233 e. The van der Waals surface area contributed by atoms with Gasteiger partial charge in [-0.15, -0.1) is 0 Å². The normalized spacial score (nSPS) is 17.0. The van der Waals surface area contributed by atoms with Crippen LogP contribution in [-0.4, -0.2) is 45.5 Å². The van der Waals surface area contributed by atoms with E-state index in [0.717, 1.165) is 36.0 Å². The summed E-state index contributed by atoms with van der Waals surface area (Å²) < 4.78 is 25.3. The van der Waals surface area contributed by atoms with Gasteiger partial charge in [0.05, 0.1) is 0 Å². The summed E-state index contributed by atoms with van der Waals surface area (Å²) in [5.74, 6) is 0. The first-order valence-corrected chi connectivity index (χ1v) is 9.14. The molecule has 1 aliphatic heterocycles. The molecule has 0 aliphatic carbocycles. The molecule has 2 N–H and O–H groups in total. The summed E-state index contributed by atoms with van der Waals surface area (Å²) >= 11 is 0. The Balaban J connectivity index is 1.98. The SMILES string of the molecule is CNS(=O)(=O)/C=C/c1ccc2[nH]cc(C3=CCN(C)CC3)c2c1. The molecular formula is C17H21N3O2S. The van der Waals surface area contributed by atoms with Crippen molar-refractivity contribution >= 4 is 32.6 Å². The van der Waals surface area contributed by atoms with Crippen molar-refractivity contribution in [2.24, 2.45) is 0 Å². The van der Waals surface area contributed by atoms with Crippen LogP contribution in [0.4, 0.5) is 0 Å². The number of aromatic amines is 1. The zero-order chi connectivity index (χ0) is 16.4. The van der Waals surface area contributed by atoms with Gasteiger partial charge in [-0.2, -0.15) is 0 Å². The minimum absolute atomic E-state index is 0.866. The van der Waals surface area contributed by atoms with Crippen LogP contribution in [0.25, 0.3) is 22.6 Å². The van der Waals surface area contributed by atoms with E-state index >= 15 is 0 Å². The Morgan fingerprint density at radius 2 is 2.17 bits per heavy atom. The van der Waals surface area contributed by atoms with E-state index in [1.807, 2.05) is 24.4 Å². The van der Waals surface area contributed by atoms with Crippen molar-refractivity contribution < 1.29 is 8.42 Å². The third-order valence-electron chi connectivity index (χ3n) is 4.19. The van der Waals surface area contributed by atoms with Gasteiger partial charge < -0.3 is 9.88 Å². The first-order chi connectivity index (χ1) is 11.0. The highest BCUT2D eigenvalue weighted by Gasteiger charge is 2.13. The lowest BCUT2D eigenvalue weighted by Crippen LogP contribution is -2.23. The summed E-state index contributed by atoms with van der Waals surface area (Å²) in [7, 11) is 0.172. The lowest BCUT2D eigenvalue weighted by atomic mass is 9.98. The topological polar surface area (TPSA) is 65.2 Å². The van der Waals surface area contributed by atoms with Crippen molar-refractivity contribution in [3.05, 3.63) is 47.0 Å². The Bertz CT molecular complexity index is 878. The van der Waals surface area contributed by atoms with Gasteiger partial charge in [-0.25, -0.2) is 13.1 Å². The van der Waals surface area contributed by atoms with Crippen molar-refractivity contribution in [2.45, 2.75) is 6.42 Å². The fourth-order valence-electron chi connectivity index (χ4n) is 2.76. The van der Waals surface area contributed by atoms with Crippen molar-refractivity contribution in [2.75, 3.05) is 27.2 Å². The van der Waals surface area contributed by atoms with Crippen LogP contribution >= 0.6 is 0 Å². The minimum Gasteiger partial charge on any atom is -0.361 e. The van der Waals surface area contributed by atoms with Gasteiger partial charge in [-0.1, -0.05) is 12.1 Å². The third kappa shape index (κ3) is 3.55. The molecule has 0 spiro atoms. The quantitative estimate of drug-likeness (QED) is 0.904. The number of likely N-dealkylation sites (N-methyl/N-ethyl adjacent to an activating group) is 1. The standard InChI is InChI=1S/C17H21N3O2S/c1-18-23(21,22)10-7-13-3-4-17-15(11-13)16(12-19-17)14-5-8-20(2)9-6-14/h3-5,7,10-12,18-19H,6,8-9H2,1-2H3/b10-7+. The maximum absolute atomic E-state index is 11.5. The Labute approximate surface area is 136 Å². The van der Waals surface area contributed by atoms with Crippen LogP contribution in [0.3, 0.4) is 0 Å². The molecule has 0 amide bonds. The highest BCUT2D eigenvalue weighted by atomic mass is 32.2. The van der Waals surface area contributed by atoms with E-state index in [0.29, 0.717) is 0 Å². The highest BCUT2D eigenvalue weighted by molar-refractivity contribution is 7.92. The van der Waals surface area contributed by atoms with Crippen LogP contribution in [0.2, 0.25) is 0 Å². The van der Waals surface area contributed by atoms with Crippen molar-refractivity contribution in [1.82, 2.24) is 14.6 Å². The molecule has 3 rings (SSSR count). The van der Waals surface area contributed by atoms with Crippen LogP contribution in [0.1, 0.15) is 17.5 Å². The molecule has 0 radical (unpaired) electrons. The zero-order valence-corrected chi connectivity index (χ0v) is 14.2. The number of rotatable bonds is 4. The number of aromatic nitrogens is 1. The molecule has 5 nitrogen and oxygen atoms in total. The monoisotopic (exact) mass is 331 g/mol. The number of sulfonamides is 1. The van der Waals surface area contributed by atoms with Crippen molar-refractivity contribution in [3.63, 3.8) is 0 Å². The molecule has 0 saturated heterocycles. The average molecular weight is 331 g/mol. The van der Waals surface area contributed by atoms with Crippen LogP contribution in [0.15, 0.2) is 35.9 Å². The summed E-state index contributed by atoms with van der Waals surface area (Å²) in [5, 5.41) is 2.32. The molecule has 1 aliphatic rings. The fraction of sp³-hybridized carbons (Fsp3) is 0.294. The van der Waals surface area contributed by atoms with Gasteiger partial charge in [0.25, 0.3) is 0 Å². The molecule has 0 saturated carbocycles. The summed E-state index contributed by atoms with van der Waals surface area (Å²) in [6.07, 6.45) is 6.95. The van der Waals surface area contributed by atoms with E-state index in [2.05, 4.69) is 27.7 Å². The molecule has 0 fully saturated rings. The number of nitrogens with zero attached hydrogens (tertiary/aromatic N) is 1. The number of nitrogens with one attached hydrogen (secondary N) is 2. The van der Waals surface area contributed by atoms with E-state index in [9.17, 15) is 8.42 Å². The summed E-state index contributed by atoms with van der Waals surface area (Å²) in [6.45, 7) is 2.01. The first kappa shape index (κ1) is 16.0. The van der Waals surface area contributed by atoms with E-state index in [1.165, 1.54) is 23.6 Å². The molecule has 0 bridgehead atoms. The molecular weight excluding hydrogens is 310 g/mol. The summed E-state index contributed by atoms with van der Waals surface area (Å²) in [4.78, 5) is 5.59. The molecule has 1 aromatic carbocycles. The summed E-state index contributed by atoms with van der Waals surface area (Å²) in [6, 6.07) is 5.93. The Kier molecular flexibility index (Phi) is 4.39. The van der Waals surface area contributed by atoms with Crippen molar-refractivity contribution in [3.8, 4) is 0 Å². The Hall–Kier alpha value is -1.89. The van der Waals surface area contributed by atoms with Gasteiger partial charge in [0.1, 0.15) is 0 Å². The average Bonchev–Trinajstić information content (AvgIpc) is 2.97. The van der Waals surface area contributed by atoms with Crippen molar-refractivity contribution in [1.29, 1.82) is 0 Å². The molecule has 2 aromatic rings. The molecule has 1 aromatic heterocycles. The van der Waals surface area contributed by atoms with E-state index < -0.39 is 10.0 Å². The van der Waals surface area contributed by atoms with Gasteiger partial charge >= 0.3 is 0 Å². The number of hydrogen-bond acceptors (Lipinski definition) is 3. The summed E-state index contributed by atoms with van der Waals surface area (Å²) in [5.41, 5.74) is 4.48. The highest BCUT2D eigenvalue weighted by Crippen LogP contribution is 2.29. The number of H-pyrrole nitrogens is 1. The first-order valence-electron chi connectivity index (χ1n) is 7.59. The van der Waals surface area contributed by atoms with Gasteiger partial charge in [0.15, 0.2) is 0 Å². The maximum atomic E-state index is 11.5. The lowest BCUT2D eigenvalue weighted by Gasteiger charge is -2.21. The van der Waals surface area contributed by atoms with E-state index in [1.54, 1.807) is 6.08 Å². The van der Waals surface area contributed by atoms with Gasteiger partial charge in [-0.05, 0) is 49.9 Å². The second-order valence-electron chi connectivity index (χ2n) is 5.80. The minimum atomic E-state index is -3.35. The van der Waals surface area contributed by atoms with E-state index in [-0.39, 0.29) is 0 Å². The van der Waals surface area contributed by atoms with Gasteiger partial charge in [-0.3, -0.25) is 0 Å². The second-order valence-corrected chi connectivity index (χ2v) is 7.57. The predicted molar refractivity (Wildman–Crippen MR) is 95.4 cm³/mol. The predicted octanol–water partition coefficient (Wildman–Crippen LogP) is 2.41. The molecule has 6 heteroatoms. The fourth-order valence-corrected chi connectivity index (χ4v) is 3.23. The number of fused-ring (bicyclic) bond motifs is 1. The number of hydrogen-bond donors (Lipinski definition) is 2. The molecule has 0 atom stereocenters. The van der Waals surface area contributed by atoms with Gasteiger partial charge in [0.2, 0.25) is 10.0 Å². The smallest absolute Gasteiger partial charge is 0.233 e. The lowest BCUT2D eigenvalue weighted by molar-refractivity contribution is 0.370. The van der Waals surface area contributed by atoms with Crippen LogP contribution in [-0.2, 0) is 10.0 Å². The van der Waals surface area contributed by atoms with Crippen LogP contribution in [0.5, 0.6) is 0 Å². The Morgan fingerprint density at radius 1 is 1.35 bits per heavy atom. The van der Waals surface area contributed by atoms with Gasteiger partial charge in [0, 0.05) is 41.2 Å². The number of benzene rings is 1.